The molecule has 74 valence electrons. The highest BCUT2D eigenvalue weighted by Crippen LogP contribution is 2.16. The average Bonchev–Trinajstić information content (AvgIpc) is 2.60. The predicted molar refractivity (Wildman–Crippen MR) is 58.2 cm³/mol. The van der Waals surface area contributed by atoms with Crippen LogP contribution in [0.15, 0.2) is 18.2 Å². The largest absolute Gasteiger partial charge is 0.342 e. The van der Waals surface area contributed by atoms with Crippen LogP contribution in [-0.2, 0) is 12.8 Å². The highest BCUT2D eigenvalue weighted by molar-refractivity contribution is 5.78. The van der Waals surface area contributed by atoms with Crippen molar-refractivity contribution in [1.29, 1.82) is 0 Å². The quantitative estimate of drug-likeness (QED) is 0.771. The Labute approximate surface area is 83.3 Å². The molecule has 3 nitrogen and oxygen atoms in total. The van der Waals surface area contributed by atoms with Crippen LogP contribution >= 0.6 is 0 Å². The van der Waals surface area contributed by atoms with Gasteiger partial charge in [-0.25, -0.2) is 4.98 Å². The average molecular weight is 189 g/mol. The molecule has 0 amide bonds. The first-order chi connectivity index (χ1) is 6.85. The molecule has 1 heterocycles. The Balaban J connectivity index is 2.52. The van der Waals surface area contributed by atoms with Crippen LogP contribution < -0.4 is 5.73 Å². The van der Waals surface area contributed by atoms with Crippen LogP contribution in [0.25, 0.3) is 11.0 Å². The number of nitrogens with zero attached hydrogens (tertiary/aromatic N) is 1. The van der Waals surface area contributed by atoms with E-state index in [-0.39, 0.29) is 0 Å². The molecule has 0 atom stereocenters. The zero-order valence-electron chi connectivity index (χ0n) is 8.38. The monoisotopic (exact) mass is 189 g/mol. The van der Waals surface area contributed by atoms with Crippen LogP contribution in [0.2, 0.25) is 0 Å². The third-order valence-corrected chi connectivity index (χ3v) is 2.41. The number of rotatable bonds is 3. The lowest BCUT2D eigenvalue weighted by Gasteiger charge is -1.95. The van der Waals surface area contributed by atoms with Crippen molar-refractivity contribution in [1.82, 2.24) is 9.97 Å². The predicted octanol–water partition coefficient (Wildman–Crippen LogP) is 1.63. The van der Waals surface area contributed by atoms with Crippen LogP contribution in [-0.4, -0.2) is 16.5 Å². The fourth-order valence-corrected chi connectivity index (χ4v) is 1.68. The molecule has 3 N–H and O–H groups in total. The van der Waals surface area contributed by atoms with Crippen LogP contribution in [0.5, 0.6) is 0 Å². The molecular formula is C11H15N3. The van der Waals surface area contributed by atoms with Gasteiger partial charge in [0.2, 0.25) is 0 Å². The minimum atomic E-state index is 0.640. The van der Waals surface area contributed by atoms with Gasteiger partial charge < -0.3 is 10.7 Å². The lowest BCUT2D eigenvalue weighted by molar-refractivity contribution is 0.899. The molecule has 2 aromatic rings. The number of imidazole rings is 1. The van der Waals surface area contributed by atoms with Gasteiger partial charge in [0.25, 0.3) is 0 Å². The second-order valence-corrected chi connectivity index (χ2v) is 3.39. The Morgan fingerprint density at radius 1 is 1.43 bits per heavy atom. The molecule has 0 bridgehead atoms. The minimum Gasteiger partial charge on any atom is -0.342 e. The van der Waals surface area contributed by atoms with Crippen molar-refractivity contribution in [3.8, 4) is 0 Å². The molecule has 0 aliphatic rings. The molecule has 0 saturated carbocycles. The summed E-state index contributed by atoms with van der Waals surface area (Å²) < 4.78 is 0. The standard InChI is InChI=1S/C11H15N3/c1-2-8-4-3-5-9-11(8)14-10(13-9)6-7-12/h3-5H,2,6-7,12H2,1H3,(H,13,14). The van der Waals surface area contributed by atoms with E-state index in [4.69, 9.17) is 5.73 Å². The van der Waals surface area contributed by atoms with Crippen LogP contribution in [0.1, 0.15) is 18.3 Å². The van der Waals surface area contributed by atoms with Crippen molar-refractivity contribution in [2.24, 2.45) is 5.73 Å². The number of aryl methyl sites for hydroxylation is 1. The number of aromatic amines is 1. The fourth-order valence-electron chi connectivity index (χ4n) is 1.68. The van der Waals surface area contributed by atoms with Crippen LogP contribution in [0.3, 0.4) is 0 Å². The first-order valence-electron chi connectivity index (χ1n) is 5.01. The van der Waals surface area contributed by atoms with E-state index >= 15 is 0 Å². The highest BCUT2D eigenvalue weighted by Gasteiger charge is 2.04. The number of hydrogen-bond acceptors (Lipinski definition) is 2. The number of hydrogen-bond donors (Lipinski definition) is 2. The van der Waals surface area contributed by atoms with Crippen molar-refractivity contribution in [3.05, 3.63) is 29.6 Å². The molecule has 0 fully saturated rings. The van der Waals surface area contributed by atoms with Gasteiger partial charge in [0.15, 0.2) is 0 Å². The lowest BCUT2D eigenvalue weighted by Crippen LogP contribution is -2.03. The molecule has 1 aromatic heterocycles. The van der Waals surface area contributed by atoms with E-state index in [1.807, 2.05) is 0 Å². The number of H-pyrrole nitrogens is 1. The lowest BCUT2D eigenvalue weighted by atomic mass is 10.1. The summed E-state index contributed by atoms with van der Waals surface area (Å²) in [6, 6.07) is 6.24. The number of fused-ring (bicyclic) bond motifs is 1. The Morgan fingerprint density at radius 2 is 2.29 bits per heavy atom. The fraction of sp³-hybridized carbons (Fsp3) is 0.364. The molecular weight excluding hydrogens is 174 g/mol. The summed E-state index contributed by atoms with van der Waals surface area (Å²) >= 11 is 0. The van der Waals surface area contributed by atoms with Gasteiger partial charge in [-0.2, -0.15) is 0 Å². The third-order valence-electron chi connectivity index (χ3n) is 2.41. The SMILES string of the molecule is CCc1cccc2[nH]c(CCN)nc12. The Kier molecular flexibility index (Phi) is 2.50. The Hall–Kier alpha value is -1.35. The van der Waals surface area contributed by atoms with Gasteiger partial charge >= 0.3 is 0 Å². The minimum absolute atomic E-state index is 0.640. The second-order valence-electron chi connectivity index (χ2n) is 3.39. The van der Waals surface area contributed by atoms with E-state index in [1.54, 1.807) is 0 Å². The first-order valence-corrected chi connectivity index (χ1v) is 5.01. The molecule has 0 radical (unpaired) electrons. The number of nitrogens with two attached hydrogens (primary N) is 1. The maximum Gasteiger partial charge on any atom is 0.108 e. The zero-order valence-corrected chi connectivity index (χ0v) is 8.38. The molecule has 2 rings (SSSR count). The van der Waals surface area contributed by atoms with Crippen molar-refractivity contribution >= 4 is 11.0 Å². The van der Waals surface area contributed by atoms with Gasteiger partial charge in [0.1, 0.15) is 5.82 Å². The van der Waals surface area contributed by atoms with Crippen molar-refractivity contribution in [2.75, 3.05) is 6.54 Å². The third kappa shape index (κ3) is 1.51. The Morgan fingerprint density at radius 3 is 3.00 bits per heavy atom. The summed E-state index contributed by atoms with van der Waals surface area (Å²) in [4.78, 5) is 7.82. The molecule has 14 heavy (non-hydrogen) atoms. The molecule has 0 aliphatic heterocycles. The zero-order chi connectivity index (χ0) is 9.97. The summed E-state index contributed by atoms with van der Waals surface area (Å²) in [5.41, 5.74) is 9.00. The highest BCUT2D eigenvalue weighted by atomic mass is 14.9. The maximum absolute atomic E-state index is 5.49. The van der Waals surface area contributed by atoms with E-state index in [0.717, 1.165) is 29.7 Å². The van der Waals surface area contributed by atoms with E-state index in [1.165, 1.54) is 5.56 Å². The number of benzene rings is 1. The van der Waals surface area contributed by atoms with E-state index in [0.29, 0.717) is 6.54 Å². The summed E-state index contributed by atoms with van der Waals surface area (Å²) in [6.07, 6.45) is 1.84. The topological polar surface area (TPSA) is 54.7 Å². The van der Waals surface area contributed by atoms with Gasteiger partial charge in [-0.1, -0.05) is 19.1 Å². The number of para-hydroxylation sites is 1. The van der Waals surface area contributed by atoms with Gasteiger partial charge in [-0.15, -0.1) is 0 Å². The first kappa shape index (κ1) is 9.21. The van der Waals surface area contributed by atoms with Crippen molar-refractivity contribution in [2.45, 2.75) is 19.8 Å². The van der Waals surface area contributed by atoms with E-state index in [2.05, 4.69) is 35.1 Å². The second kappa shape index (κ2) is 3.80. The van der Waals surface area contributed by atoms with Gasteiger partial charge in [-0.05, 0) is 24.6 Å². The number of nitrogens with one attached hydrogen (secondary N) is 1. The smallest absolute Gasteiger partial charge is 0.108 e. The van der Waals surface area contributed by atoms with Gasteiger partial charge in [0.05, 0.1) is 11.0 Å². The summed E-state index contributed by atoms with van der Waals surface area (Å²) in [7, 11) is 0. The summed E-state index contributed by atoms with van der Waals surface area (Å²) in [5.74, 6) is 0.989. The normalized spacial score (nSPS) is 11.0. The molecule has 0 saturated heterocycles. The maximum atomic E-state index is 5.49. The van der Waals surface area contributed by atoms with Gasteiger partial charge in [-0.3, -0.25) is 0 Å². The molecule has 1 aromatic carbocycles. The summed E-state index contributed by atoms with van der Waals surface area (Å²) in [6.45, 7) is 2.79. The summed E-state index contributed by atoms with van der Waals surface area (Å²) in [5, 5.41) is 0. The van der Waals surface area contributed by atoms with Crippen molar-refractivity contribution in [3.63, 3.8) is 0 Å². The van der Waals surface area contributed by atoms with Crippen LogP contribution in [0, 0.1) is 0 Å². The molecule has 0 aliphatic carbocycles. The van der Waals surface area contributed by atoms with E-state index in [9.17, 15) is 0 Å². The van der Waals surface area contributed by atoms with Gasteiger partial charge in [0, 0.05) is 6.42 Å². The van der Waals surface area contributed by atoms with E-state index < -0.39 is 0 Å². The molecule has 3 heteroatoms. The number of aromatic nitrogens is 2. The molecule has 0 unspecified atom stereocenters. The molecule has 0 spiro atoms. The van der Waals surface area contributed by atoms with Crippen molar-refractivity contribution < 1.29 is 0 Å². The van der Waals surface area contributed by atoms with Crippen LogP contribution in [0.4, 0.5) is 0 Å². The Bertz CT molecular complexity index is 431.